The van der Waals surface area contributed by atoms with Crippen LogP contribution in [0, 0.1) is 0 Å². The Balaban J connectivity index is 1.72. The van der Waals surface area contributed by atoms with Gasteiger partial charge in [-0.25, -0.2) is 0 Å². The van der Waals surface area contributed by atoms with Crippen molar-refractivity contribution in [3.63, 3.8) is 0 Å². The van der Waals surface area contributed by atoms with E-state index in [0.29, 0.717) is 22.7 Å². The third-order valence-electron chi connectivity index (χ3n) is 4.47. The Labute approximate surface area is 141 Å². The van der Waals surface area contributed by atoms with E-state index in [2.05, 4.69) is 10.6 Å². The molecule has 0 radical (unpaired) electrons. The zero-order valence-corrected chi connectivity index (χ0v) is 13.9. The second-order valence-electron chi connectivity index (χ2n) is 6.23. The molecule has 2 fully saturated rings. The maximum absolute atomic E-state index is 12.6. The Morgan fingerprint density at radius 3 is 2.74 bits per heavy atom. The van der Waals surface area contributed by atoms with E-state index in [4.69, 9.17) is 11.6 Å². The van der Waals surface area contributed by atoms with E-state index in [-0.39, 0.29) is 17.9 Å². The normalized spacial score (nSPS) is 20.7. The summed E-state index contributed by atoms with van der Waals surface area (Å²) in [7, 11) is 0. The van der Waals surface area contributed by atoms with Crippen molar-refractivity contribution in [3.05, 3.63) is 28.8 Å². The summed E-state index contributed by atoms with van der Waals surface area (Å²) in [6.07, 6.45) is 4.62. The molecule has 0 spiro atoms. The van der Waals surface area contributed by atoms with E-state index in [0.717, 1.165) is 45.3 Å². The number of nitrogens with zero attached hydrogens (tertiary/aromatic N) is 1. The molecule has 2 aliphatic rings. The van der Waals surface area contributed by atoms with E-state index < -0.39 is 0 Å². The monoisotopic (exact) mass is 335 g/mol. The summed E-state index contributed by atoms with van der Waals surface area (Å²) >= 11 is 6.05. The standard InChI is InChI=1S/C17H22ClN3O2/c18-12-5-6-15(20-16(22)11-13-4-3-7-19-13)14(10-12)17(23)21-8-1-2-9-21/h5-6,10,13,19H,1-4,7-9,11H2,(H,20,22). The minimum Gasteiger partial charge on any atom is -0.339 e. The van der Waals surface area contributed by atoms with E-state index in [1.54, 1.807) is 18.2 Å². The summed E-state index contributed by atoms with van der Waals surface area (Å²) in [6, 6.07) is 5.29. The van der Waals surface area contributed by atoms with Gasteiger partial charge in [-0.05, 0) is 50.4 Å². The van der Waals surface area contributed by atoms with Gasteiger partial charge in [-0.1, -0.05) is 11.6 Å². The van der Waals surface area contributed by atoms with Gasteiger partial charge in [0.2, 0.25) is 5.91 Å². The molecule has 0 saturated carbocycles. The minimum atomic E-state index is -0.0674. The lowest BCUT2D eigenvalue weighted by Crippen LogP contribution is -2.30. The molecule has 1 unspecified atom stereocenters. The highest BCUT2D eigenvalue weighted by Gasteiger charge is 2.24. The molecule has 0 aliphatic carbocycles. The number of halogens is 1. The fourth-order valence-electron chi connectivity index (χ4n) is 3.25. The van der Waals surface area contributed by atoms with Gasteiger partial charge >= 0.3 is 0 Å². The number of hydrogen-bond donors (Lipinski definition) is 2. The van der Waals surface area contributed by atoms with Crippen LogP contribution in [-0.2, 0) is 4.79 Å². The van der Waals surface area contributed by atoms with Gasteiger partial charge < -0.3 is 15.5 Å². The quantitative estimate of drug-likeness (QED) is 0.889. The number of anilines is 1. The van der Waals surface area contributed by atoms with Gasteiger partial charge in [0, 0.05) is 30.6 Å². The molecule has 1 aromatic rings. The number of carbonyl (C=O) groups is 2. The second-order valence-corrected chi connectivity index (χ2v) is 6.67. The molecule has 0 bridgehead atoms. The average Bonchev–Trinajstić information content (AvgIpc) is 3.21. The topological polar surface area (TPSA) is 61.4 Å². The van der Waals surface area contributed by atoms with Crippen molar-refractivity contribution in [2.45, 2.75) is 38.1 Å². The average molecular weight is 336 g/mol. The van der Waals surface area contributed by atoms with Crippen LogP contribution in [0.15, 0.2) is 18.2 Å². The molecule has 5 nitrogen and oxygen atoms in total. The number of rotatable bonds is 4. The molecule has 3 rings (SSSR count). The van der Waals surface area contributed by atoms with Crippen LogP contribution in [0.3, 0.4) is 0 Å². The Morgan fingerprint density at radius 1 is 1.26 bits per heavy atom. The molecule has 124 valence electrons. The van der Waals surface area contributed by atoms with Gasteiger partial charge in [-0.2, -0.15) is 0 Å². The fraction of sp³-hybridized carbons (Fsp3) is 0.529. The minimum absolute atomic E-state index is 0.0562. The van der Waals surface area contributed by atoms with Crippen molar-refractivity contribution >= 4 is 29.1 Å². The van der Waals surface area contributed by atoms with Gasteiger partial charge in [0.1, 0.15) is 0 Å². The lowest BCUT2D eigenvalue weighted by molar-refractivity contribution is -0.116. The Hall–Kier alpha value is -1.59. The highest BCUT2D eigenvalue weighted by Crippen LogP contribution is 2.24. The zero-order valence-electron chi connectivity index (χ0n) is 13.1. The summed E-state index contributed by atoms with van der Waals surface area (Å²) in [6.45, 7) is 2.51. The highest BCUT2D eigenvalue weighted by molar-refractivity contribution is 6.31. The molecule has 1 aromatic carbocycles. The first-order chi connectivity index (χ1) is 11.1. The lowest BCUT2D eigenvalue weighted by Gasteiger charge is -2.19. The van der Waals surface area contributed by atoms with Crippen LogP contribution in [0.2, 0.25) is 5.02 Å². The summed E-state index contributed by atoms with van der Waals surface area (Å²) in [5.41, 5.74) is 1.03. The van der Waals surface area contributed by atoms with Crippen molar-refractivity contribution in [1.29, 1.82) is 0 Å². The molecule has 2 aliphatic heterocycles. The van der Waals surface area contributed by atoms with E-state index in [1.807, 2.05) is 4.90 Å². The van der Waals surface area contributed by atoms with E-state index in [1.165, 1.54) is 0 Å². The number of carbonyl (C=O) groups excluding carboxylic acids is 2. The summed E-state index contributed by atoms with van der Waals surface area (Å²) in [5.74, 6) is -0.124. The third-order valence-corrected chi connectivity index (χ3v) is 4.71. The van der Waals surface area contributed by atoms with Gasteiger partial charge in [-0.15, -0.1) is 0 Å². The predicted molar refractivity (Wildman–Crippen MR) is 90.9 cm³/mol. The van der Waals surface area contributed by atoms with Crippen LogP contribution in [0.4, 0.5) is 5.69 Å². The van der Waals surface area contributed by atoms with Crippen LogP contribution in [0.25, 0.3) is 0 Å². The maximum Gasteiger partial charge on any atom is 0.256 e. The Bertz CT molecular complexity index is 594. The number of hydrogen-bond acceptors (Lipinski definition) is 3. The van der Waals surface area contributed by atoms with Crippen LogP contribution in [-0.4, -0.2) is 42.4 Å². The predicted octanol–water partition coefficient (Wildman–Crippen LogP) is 2.66. The first kappa shape index (κ1) is 16.3. The molecule has 2 N–H and O–H groups in total. The fourth-order valence-corrected chi connectivity index (χ4v) is 3.42. The molecule has 6 heteroatoms. The van der Waals surface area contributed by atoms with Gasteiger partial charge in [-0.3, -0.25) is 9.59 Å². The van der Waals surface area contributed by atoms with E-state index >= 15 is 0 Å². The summed E-state index contributed by atoms with van der Waals surface area (Å²) < 4.78 is 0. The molecule has 2 saturated heterocycles. The molecule has 2 amide bonds. The zero-order chi connectivity index (χ0) is 16.2. The Kier molecular flexibility index (Phi) is 5.18. The van der Waals surface area contributed by atoms with Crippen LogP contribution in [0.5, 0.6) is 0 Å². The smallest absolute Gasteiger partial charge is 0.256 e. The van der Waals surface area contributed by atoms with Crippen LogP contribution in [0.1, 0.15) is 42.5 Å². The van der Waals surface area contributed by atoms with Crippen molar-refractivity contribution in [1.82, 2.24) is 10.2 Å². The number of amides is 2. The SMILES string of the molecule is O=C(CC1CCCN1)Nc1ccc(Cl)cc1C(=O)N1CCCC1. The number of nitrogens with one attached hydrogen (secondary N) is 2. The third kappa shape index (κ3) is 4.03. The highest BCUT2D eigenvalue weighted by atomic mass is 35.5. The molecular weight excluding hydrogens is 314 g/mol. The second kappa shape index (κ2) is 7.32. The molecule has 23 heavy (non-hydrogen) atoms. The van der Waals surface area contributed by atoms with Crippen molar-refractivity contribution < 1.29 is 9.59 Å². The first-order valence-corrected chi connectivity index (χ1v) is 8.63. The van der Waals surface area contributed by atoms with Gasteiger partial charge in [0.15, 0.2) is 0 Å². The van der Waals surface area contributed by atoms with Crippen LogP contribution < -0.4 is 10.6 Å². The van der Waals surface area contributed by atoms with Gasteiger partial charge in [0.05, 0.1) is 11.3 Å². The molecular formula is C17H22ClN3O2. The molecule has 0 aromatic heterocycles. The van der Waals surface area contributed by atoms with Crippen molar-refractivity contribution in [3.8, 4) is 0 Å². The van der Waals surface area contributed by atoms with Crippen molar-refractivity contribution in [2.24, 2.45) is 0 Å². The largest absolute Gasteiger partial charge is 0.339 e. The summed E-state index contributed by atoms with van der Waals surface area (Å²) in [4.78, 5) is 26.7. The van der Waals surface area contributed by atoms with E-state index in [9.17, 15) is 9.59 Å². The maximum atomic E-state index is 12.6. The van der Waals surface area contributed by atoms with Crippen LogP contribution >= 0.6 is 11.6 Å². The van der Waals surface area contributed by atoms with Crippen molar-refractivity contribution in [2.75, 3.05) is 25.0 Å². The first-order valence-electron chi connectivity index (χ1n) is 8.25. The lowest BCUT2D eigenvalue weighted by atomic mass is 10.1. The Morgan fingerprint density at radius 2 is 2.04 bits per heavy atom. The molecule has 2 heterocycles. The summed E-state index contributed by atoms with van der Waals surface area (Å²) in [5, 5.41) is 6.69. The number of benzene rings is 1. The molecule has 1 atom stereocenters. The number of likely N-dealkylation sites (tertiary alicyclic amines) is 1. The van der Waals surface area contributed by atoms with Gasteiger partial charge in [0.25, 0.3) is 5.91 Å².